The van der Waals surface area contributed by atoms with Crippen LogP contribution in [0.1, 0.15) is 55.7 Å². The topological polar surface area (TPSA) is 49.4 Å². The Balaban J connectivity index is 1.92. The molecule has 1 aliphatic carbocycles. The summed E-state index contributed by atoms with van der Waals surface area (Å²) >= 11 is 5.87. The Bertz CT molecular complexity index is 866. The number of alkyl halides is 1. The van der Waals surface area contributed by atoms with Crippen LogP contribution in [-0.2, 0) is 16.1 Å². The van der Waals surface area contributed by atoms with Gasteiger partial charge in [-0.2, -0.15) is 0 Å². The van der Waals surface area contributed by atoms with Crippen LogP contribution in [0.4, 0.5) is 8.78 Å². The summed E-state index contributed by atoms with van der Waals surface area (Å²) in [5.41, 5.74) is 1.15. The van der Waals surface area contributed by atoms with Gasteiger partial charge in [-0.05, 0) is 48.2 Å². The molecule has 2 aromatic rings. The van der Waals surface area contributed by atoms with Crippen molar-refractivity contribution in [1.29, 1.82) is 0 Å². The van der Waals surface area contributed by atoms with Gasteiger partial charge >= 0.3 is 0 Å². The Labute approximate surface area is 186 Å². The molecule has 166 valence electrons. The van der Waals surface area contributed by atoms with Crippen molar-refractivity contribution in [2.75, 3.05) is 5.88 Å². The lowest BCUT2D eigenvalue weighted by Gasteiger charge is -2.32. The van der Waals surface area contributed by atoms with Gasteiger partial charge in [0.2, 0.25) is 11.8 Å². The summed E-state index contributed by atoms with van der Waals surface area (Å²) in [4.78, 5) is 27.6. The first kappa shape index (κ1) is 23.2. The van der Waals surface area contributed by atoms with Gasteiger partial charge in [-0.25, -0.2) is 8.78 Å². The number of benzene rings is 2. The van der Waals surface area contributed by atoms with E-state index in [9.17, 15) is 18.4 Å². The van der Waals surface area contributed by atoms with Crippen molar-refractivity contribution in [3.8, 4) is 0 Å². The van der Waals surface area contributed by atoms with Crippen molar-refractivity contribution < 1.29 is 18.4 Å². The van der Waals surface area contributed by atoms with Crippen LogP contribution in [0.2, 0.25) is 0 Å². The summed E-state index contributed by atoms with van der Waals surface area (Å²) < 4.78 is 26.9. The first-order chi connectivity index (χ1) is 15.0. The molecule has 1 fully saturated rings. The third-order valence-electron chi connectivity index (χ3n) is 5.65. The molecule has 0 radical (unpaired) electrons. The van der Waals surface area contributed by atoms with Crippen molar-refractivity contribution >= 4 is 23.4 Å². The van der Waals surface area contributed by atoms with E-state index in [2.05, 4.69) is 5.32 Å². The lowest BCUT2D eigenvalue weighted by molar-refractivity contribution is -0.140. The Morgan fingerprint density at radius 1 is 0.935 bits per heavy atom. The first-order valence-corrected chi connectivity index (χ1v) is 11.2. The molecule has 0 spiro atoms. The Hall–Kier alpha value is -2.47. The minimum Gasteiger partial charge on any atom is -0.351 e. The quantitative estimate of drug-likeness (QED) is 0.472. The van der Waals surface area contributed by atoms with E-state index in [0.29, 0.717) is 11.1 Å². The first-order valence-electron chi connectivity index (χ1n) is 10.6. The third kappa shape index (κ3) is 6.50. The fourth-order valence-corrected chi connectivity index (χ4v) is 4.16. The normalized spacial score (nSPS) is 15.7. The second kappa shape index (κ2) is 11.2. The fraction of sp³-hybridized carbons (Fsp3) is 0.417. The zero-order valence-electron chi connectivity index (χ0n) is 17.3. The second-order valence-electron chi connectivity index (χ2n) is 7.93. The zero-order valence-corrected chi connectivity index (χ0v) is 18.1. The molecular formula is C24H27ClF2N2O2. The molecule has 0 heterocycles. The molecule has 0 saturated heterocycles. The molecule has 3 rings (SSSR count). The Morgan fingerprint density at radius 2 is 1.48 bits per heavy atom. The minimum atomic E-state index is -0.972. The van der Waals surface area contributed by atoms with Gasteiger partial charge in [-0.1, -0.05) is 49.9 Å². The van der Waals surface area contributed by atoms with E-state index in [4.69, 9.17) is 11.6 Å². The van der Waals surface area contributed by atoms with Gasteiger partial charge in [-0.3, -0.25) is 9.59 Å². The third-order valence-corrected chi connectivity index (χ3v) is 5.88. The summed E-state index contributed by atoms with van der Waals surface area (Å²) in [5.74, 6) is -1.88. The number of carbonyl (C=O) groups is 2. The van der Waals surface area contributed by atoms with E-state index in [-0.39, 0.29) is 30.2 Å². The lowest BCUT2D eigenvalue weighted by atomic mass is 10.0. The number of amides is 2. The van der Waals surface area contributed by atoms with Crippen LogP contribution in [-0.4, -0.2) is 28.6 Å². The molecule has 1 N–H and O–H groups in total. The number of hydrogen-bond acceptors (Lipinski definition) is 2. The summed E-state index contributed by atoms with van der Waals surface area (Å²) in [6.45, 7) is 0.0754. The van der Waals surface area contributed by atoms with E-state index in [1.807, 2.05) is 0 Å². The van der Waals surface area contributed by atoms with E-state index in [1.165, 1.54) is 41.3 Å². The van der Waals surface area contributed by atoms with Gasteiger partial charge in [0.25, 0.3) is 0 Å². The smallest absolute Gasteiger partial charge is 0.247 e. The molecule has 0 bridgehead atoms. The van der Waals surface area contributed by atoms with Crippen molar-refractivity contribution in [3.63, 3.8) is 0 Å². The minimum absolute atomic E-state index is 0.0386. The summed E-state index contributed by atoms with van der Waals surface area (Å²) in [7, 11) is 0. The highest BCUT2D eigenvalue weighted by molar-refractivity contribution is 6.27. The van der Waals surface area contributed by atoms with Gasteiger partial charge in [0.05, 0.1) is 0 Å². The monoisotopic (exact) mass is 448 g/mol. The van der Waals surface area contributed by atoms with Crippen LogP contribution in [0.15, 0.2) is 48.5 Å². The highest BCUT2D eigenvalue weighted by Gasteiger charge is 2.32. The van der Waals surface area contributed by atoms with Crippen molar-refractivity contribution in [1.82, 2.24) is 10.2 Å². The fourth-order valence-electron chi connectivity index (χ4n) is 4.01. The van der Waals surface area contributed by atoms with Crippen molar-refractivity contribution in [3.05, 3.63) is 71.3 Å². The summed E-state index contributed by atoms with van der Waals surface area (Å²) in [6.07, 6.45) is 6.18. The molecule has 2 amide bonds. The van der Waals surface area contributed by atoms with Crippen molar-refractivity contribution in [2.45, 2.75) is 57.2 Å². The molecule has 31 heavy (non-hydrogen) atoms. The lowest BCUT2D eigenvalue weighted by Crippen LogP contribution is -2.46. The molecular weight excluding hydrogens is 422 g/mol. The van der Waals surface area contributed by atoms with E-state index in [1.54, 1.807) is 12.1 Å². The average molecular weight is 449 g/mol. The van der Waals surface area contributed by atoms with Crippen LogP contribution >= 0.6 is 11.6 Å². The second-order valence-corrected chi connectivity index (χ2v) is 8.20. The number of rotatable bonds is 7. The molecule has 0 aliphatic heterocycles. The number of hydrogen-bond donors (Lipinski definition) is 1. The van der Waals surface area contributed by atoms with Crippen LogP contribution < -0.4 is 5.32 Å². The number of halogens is 3. The van der Waals surface area contributed by atoms with Gasteiger partial charge < -0.3 is 10.2 Å². The maximum atomic E-state index is 13.5. The van der Waals surface area contributed by atoms with Crippen LogP contribution in [0.5, 0.6) is 0 Å². The molecule has 1 saturated carbocycles. The standard InChI is InChI=1S/C24H27ClF2N2O2/c25-15-22(30)29(16-17-7-11-19(26)12-8-17)23(18-9-13-20(27)14-10-18)24(31)28-21-5-3-1-2-4-6-21/h7-14,21,23H,1-6,15-16H2,(H,28,31). The molecule has 1 aliphatic rings. The molecule has 0 aromatic heterocycles. The number of nitrogens with zero attached hydrogens (tertiary/aromatic N) is 1. The molecule has 1 unspecified atom stereocenters. The molecule has 7 heteroatoms. The average Bonchev–Trinajstić information content (AvgIpc) is 3.04. The molecule has 1 atom stereocenters. The highest BCUT2D eigenvalue weighted by atomic mass is 35.5. The van der Waals surface area contributed by atoms with Gasteiger partial charge in [0.1, 0.15) is 23.6 Å². The van der Waals surface area contributed by atoms with E-state index >= 15 is 0 Å². The van der Waals surface area contributed by atoms with Crippen LogP contribution in [0.25, 0.3) is 0 Å². The van der Waals surface area contributed by atoms with E-state index < -0.39 is 17.8 Å². The maximum Gasteiger partial charge on any atom is 0.247 e. The Kier molecular flexibility index (Phi) is 8.41. The Morgan fingerprint density at radius 3 is 2.03 bits per heavy atom. The van der Waals surface area contributed by atoms with Crippen LogP contribution in [0, 0.1) is 11.6 Å². The highest BCUT2D eigenvalue weighted by Crippen LogP contribution is 2.26. The molecule has 2 aromatic carbocycles. The van der Waals surface area contributed by atoms with Crippen LogP contribution in [0.3, 0.4) is 0 Å². The van der Waals surface area contributed by atoms with E-state index in [0.717, 1.165) is 38.5 Å². The predicted molar refractivity (Wildman–Crippen MR) is 116 cm³/mol. The maximum absolute atomic E-state index is 13.5. The van der Waals surface area contributed by atoms with Gasteiger partial charge in [0, 0.05) is 12.6 Å². The number of nitrogens with one attached hydrogen (secondary N) is 1. The van der Waals surface area contributed by atoms with Gasteiger partial charge in [-0.15, -0.1) is 11.6 Å². The summed E-state index contributed by atoms with van der Waals surface area (Å²) in [6, 6.07) is 10.3. The van der Waals surface area contributed by atoms with Crippen molar-refractivity contribution in [2.24, 2.45) is 0 Å². The summed E-state index contributed by atoms with van der Waals surface area (Å²) in [5, 5.41) is 3.10. The largest absolute Gasteiger partial charge is 0.351 e. The predicted octanol–water partition coefficient (Wildman–Crippen LogP) is 5.11. The van der Waals surface area contributed by atoms with Gasteiger partial charge in [0.15, 0.2) is 0 Å². The molecule has 4 nitrogen and oxygen atoms in total. The number of carbonyl (C=O) groups excluding carboxylic acids is 2. The SMILES string of the molecule is O=C(NC1CCCCCC1)C(c1ccc(F)cc1)N(Cc1ccc(F)cc1)C(=O)CCl. The zero-order chi connectivity index (χ0) is 22.2.